The zero-order valence-corrected chi connectivity index (χ0v) is 8.50. The Morgan fingerprint density at radius 3 is 2.77 bits per heavy atom. The van der Waals surface area contributed by atoms with Gasteiger partial charge in [-0.2, -0.15) is 4.98 Å². The van der Waals surface area contributed by atoms with E-state index in [1.165, 1.54) is 5.56 Å². The summed E-state index contributed by atoms with van der Waals surface area (Å²) in [6.07, 6.45) is 5.10. The van der Waals surface area contributed by atoms with Gasteiger partial charge >= 0.3 is 5.69 Å². The van der Waals surface area contributed by atoms with Gasteiger partial charge in [-0.25, -0.2) is 4.79 Å². The predicted octanol–water partition coefficient (Wildman–Crippen LogP) is 1.30. The van der Waals surface area contributed by atoms with Crippen LogP contribution >= 0.6 is 0 Å². The maximum atomic E-state index is 11.0. The highest BCUT2D eigenvalue weighted by Crippen LogP contribution is 2.16. The standard InChI is InChI=1S/C8H10N2O.C2H6/c1-10-5-6-3-2-4-7(6)9-8(10)11;1-2/h5H,2-4H2,1H3;1-2H3. The molecule has 1 aliphatic carbocycles. The average molecular weight is 180 g/mol. The Labute approximate surface area is 78.4 Å². The largest absolute Gasteiger partial charge is 0.347 e. The molecule has 0 N–H and O–H groups in total. The first-order valence-electron chi connectivity index (χ1n) is 4.83. The summed E-state index contributed by atoms with van der Waals surface area (Å²) in [5, 5.41) is 0. The van der Waals surface area contributed by atoms with Crippen molar-refractivity contribution >= 4 is 0 Å². The lowest BCUT2D eigenvalue weighted by Gasteiger charge is -1.99. The van der Waals surface area contributed by atoms with Crippen LogP contribution in [-0.4, -0.2) is 9.55 Å². The summed E-state index contributed by atoms with van der Waals surface area (Å²) in [6.45, 7) is 4.00. The highest BCUT2D eigenvalue weighted by atomic mass is 16.1. The molecule has 1 aromatic heterocycles. The molecule has 0 amide bonds. The maximum absolute atomic E-state index is 11.0. The summed E-state index contributed by atoms with van der Waals surface area (Å²) in [5.74, 6) is 0. The van der Waals surface area contributed by atoms with Gasteiger partial charge in [-0.05, 0) is 24.8 Å². The summed E-state index contributed by atoms with van der Waals surface area (Å²) in [4.78, 5) is 15.0. The zero-order valence-electron chi connectivity index (χ0n) is 8.50. The van der Waals surface area contributed by atoms with Crippen molar-refractivity contribution in [1.82, 2.24) is 9.55 Å². The zero-order chi connectivity index (χ0) is 9.84. The highest BCUT2D eigenvalue weighted by molar-refractivity contribution is 5.21. The normalized spacial score (nSPS) is 13.2. The Hall–Kier alpha value is -1.12. The van der Waals surface area contributed by atoms with Crippen LogP contribution in [0.15, 0.2) is 11.0 Å². The van der Waals surface area contributed by atoms with Crippen LogP contribution in [0.4, 0.5) is 0 Å². The number of aryl methyl sites for hydroxylation is 3. The van der Waals surface area contributed by atoms with Crippen LogP contribution in [0.2, 0.25) is 0 Å². The summed E-state index contributed by atoms with van der Waals surface area (Å²) < 4.78 is 1.55. The fourth-order valence-electron chi connectivity index (χ4n) is 1.50. The molecular formula is C10H16N2O. The molecule has 0 saturated carbocycles. The molecule has 0 saturated heterocycles. The molecule has 3 nitrogen and oxygen atoms in total. The van der Waals surface area contributed by atoms with E-state index >= 15 is 0 Å². The van der Waals surface area contributed by atoms with E-state index < -0.39 is 0 Å². The lowest BCUT2D eigenvalue weighted by atomic mass is 10.3. The molecule has 0 aliphatic heterocycles. The molecule has 72 valence electrons. The van der Waals surface area contributed by atoms with E-state index in [9.17, 15) is 4.79 Å². The molecule has 0 bridgehead atoms. The van der Waals surface area contributed by atoms with Gasteiger partial charge in [0.2, 0.25) is 0 Å². The van der Waals surface area contributed by atoms with Gasteiger partial charge in [-0.3, -0.25) is 0 Å². The number of hydrogen-bond acceptors (Lipinski definition) is 2. The van der Waals surface area contributed by atoms with Gasteiger partial charge in [0.15, 0.2) is 0 Å². The van der Waals surface area contributed by atoms with E-state index in [0.717, 1.165) is 25.0 Å². The van der Waals surface area contributed by atoms with Gasteiger partial charge in [-0.1, -0.05) is 13.8 Å². The van der Waals surface area contributed by atoms with E-state index in [0.29, 0.717) is 0 Å². The Morgan fingerprint density at radius 1 is 1.38 bits per heavy atom. The predicted molar refractivity (Wildman–Crippen MR) is 52.9 cm³/mol. The van der Waals surface area contributed by atoms with Crippen LogP contribution < -0.4 is 5.69 Å². The van der Waals surface area contributed by atoms with Crippen molar-refractivity contribution in [2.45, 2.75) is 33.1 Å². The van der Waals surface area contributed by atoms with E-state index in [4.69, 9.17) is 0 Å². The molecule has 1 aromatic rings. The first kappa shape index (κ1) is 9.96. The molecule has 13 heavy (non-hydrogen) atoms. The first-order chi connectivity index (χ1) is 6.27. The molecule has 0 spiro atoms. The quantitative estimate of drug-likeness (QED) is 0.603. The van der Waals surface area contributed by atoms with Gasteiger partial charge < -0.3 is 4.57 Å². The second-order valence-electron chi connectivity index (χ2n) is 2.96. The Balaban J connectivity index is 0.000000396. The Kier molecular flexibility index (Phi) is 3.23. The monoisotopic (exact) mass is 180 g/mol. The third kappa shape index (κ3) is 1.97. The minimum Gasteiger partial charge on any atom is -0.302 e. The molecule has 1 aliphatic rings. The van der Waals surface area contributed by atoms with Crippen molar-refractivity contribution in [3.8, 4) is 0 Å². The molecule has 0 fully saturated rings. The SMILES string of the molecule is CC.Cn1cc2c(nc1=O)CCC2. The smallest absolute Gasteiger partial charge is 0.302 e. The fraction of sp³-hybridized carbons (Fsp3) is 0.600. The third-order valence-electron chi connectivity index (χ3n) is 2.11. The molecule has 0 aromatic carbocycles. The van der Waals surface area contributed by atoms with Crippen molar-refractivity contribution in [2.24, 2.45) is 7.05 Å². The van der Waals surface area contributed by atoms with Crippen LogP contribution in [0.25, 0.3) is 0 Å². The third-order valence-corrected chi connectivity index (χ3v) is 2.11. The fourth-order valence-corrected chi connectivity index (χ4v) is 1.50. The number of fused-ring (bicyclic) bond motifs is 1. The van der Waals surface area contributed by atoms with Crippen LogP contribution in [0, 0.1) is 0 Å². The topological polar surface area (TPSA) is 34.9 Å². The molecular weight excluding hydrogens is 164 g/mol. The summed E-state index contributed by atoms with van der Waals surface area (Å²) in [5.41, 5.74) is 2.12. The number of nitrogens with zero attached hydrogens (tertiary/aromatic N) is 2. The minimum absolute atomic E-state index is 0.134. The molecule has 0 unspecified atom stereocenters. The van der Waals surface area contributed by atoms with Crippen molar-refractivity contribution in [3.05, 3.63) is 27.9 Å². The number of hydrogen-bond donors (Lipinski definition) is 0. The van der Waals surface area contributed by atoms with Gasteiger partial charge in [0.25, 0.3) is 0 Å². The van der Waals surface area contributed by atoms with Crippen LogP contribution in [-0.2, 0) is 19.9 Å². The lowest BCUT2D eigenvalue weighted by molar-refractivity contribution is 0.788. The van der Waals surface area contributed by atoms with Gasteiger partial charge in [-0.15, -0.1) is 0 Å². The van der Waals surface area contributed by atoms with Crippen molar-refractivity contribution < 1.29 is 0 Å². The highest BCUT2D eigenvalue weighted by Gasteiger charge is 2.12. The molecule has 1 heterocycles. The Bertz CT molecular complexity index is 341. The summed E-state index contributed by atoms with van der Waals surface area (Å²) in [6, 6.07) is 0. The number of aromatic nitrogens is 2. The second-order valence-corrected chi connectivity index (χ2v) is 2.96. The number of rotatable bonds is 0. The molecule has 3 heteroatoms. The molecule has 0 radical (unpaired) electrons. The molecule has 0 atom stereocenters. The average Bonchev–Trinajstić information content (AvgIpc) is 2.56. The van der Waals surface area contributed by atoms with Gasteiger partial charge in [0.1, 0.15) is 0 Å². The van der Waals surface area contributed by atoms with Crippen LogP contribution in [0.1, 0.15) is 31.5 Å². The maximum Gasteiger partial charge on any atom is 0.347 e. The minimum atomic E-state index is -0.134. The Morgan fingerprint density at radius 2 is 2.08 bits per heavy atom. The first-order valence-corrected chi connectivity index (χ1v) is 4.83. The summed E-state index contributed by atoms with van der Waals surface area (Å²) in [7, 11) is 1.74. The second kappa shape index (κ2) is 4.21. The van der Waals surface area contributed by atoms with E-state index in [2.05, 4.69) is 4.98 Å². The van der Waals surface area contributed by atoms with Gasteiger partial charge in [0.05, 0.1) is 5.69 Å². The van der Waals surface area contributed by atoms with E-state index in [1.54, 1.807) is 11.6 Å². The molecule has 2 rings (SSSR count). The van der Waals surface area contributed by atoms with E-state index in [-0.39, 0.29) is 5.69 Å². The summed E-state index contributed by atoms with van der Waals surface area (Å²) >= 11 is 0. The van der Waals surface area contributed by atoms with E-state index in [1.807, 2.05) is 20.0 Å². The van der Waals surface area contributed by atoms with Crippen molar-refractivity contribution in [3.63, 3.8) is 0 Å². The van der Waals surface area contributed by atoms with Crippen LogP contribution in [0.3, 0.4) is 0 Å². The van der Waals surface area contributed by atoms with Crippen molar-refractivity contribution in [1.29, 1.82) is 0 Å². The van der Waals surface area contributed by atoms with Crippen LogP contribution in [0.5, 0.6) is 0 Å². The van der Waals surface area contributed by atoms with Gasteiger partial charge in [0, 0.05) is 13.2 Å². The lowest BCUT2D eigenvalue weighted by Crippen LogP contribution is -2.21. The van der Waals surface area contributed by atoms with Crippen molar-refractivity contribution in [2.75, 3.05) is 0 Å².